The van der Waals surface area contributed by atoms with Gasteiger partial charge in [-0.1, -0.05) is 30.2 Å². The van der Waals surface area contributed by atoms with E-state index in [1.807, 2.05) is 65.5 Å². The van der Waals surface area contributed by atoms with Gasteiger partial charge < -0.3 is 9.30 Å². The fourth-order valence-corrected chi connectivity index (χ4v) is 2.44. The molecule has 0 saturated carbocycles. The van der Waals surface area contributed by atoms with Gasteiger partial charge in [0.25, 0.3) is 5.91 Å². The number of carbonyl (C=O) groups is 1. The predicted molar refractivity (Wildman–Crippen MR) is 102 cm³/mol. The summed E-state index contributed by atoms with van der Waals surface area (Å²) in [6, 6.07) is 18.5. The van der Waals surface area contributed by atoms with Crippen LogP contribution in [0.1, 0.15) is 15.9 Å². The minimum Gasteiger partial charge on any atom is -0.480 e. The highest BCUT2D eigenvalue weighted by Gasteiger charge is 2.11. The van der Waals surface area contributed by atoms with Crippen molar-refractivity contribution in [3.63, 3.8) is 0 Å². The van der Waals surface area contributed by atoms with E-state index in [2.05, 4.69) is 16.4 Å². The van der Waals surface area contributed by atoms with Crippen LogP contribution in [0.15, 0.2) is 78.2 Å². The quantitative estimate of drug-likeness (QED) is 0.424. The Balaban J connectivity index is 1.75. The van der Waals surface area contributed by atoms with Crippen molar-refractivity contribution >= 4 is 12.1 Å². The van der Waals surface area contributed by atoms with Crippen molar-refractivity contribution in [2.24, 2.45) is 5.10 Å². The Labute approximate surface area is 151 Å². The van der Waals surface area contributed by atoms with Crippen LogP contribution in [0.2, 0.25) is 0 Å². The average molecular weight is 343 g/mol. The van der Waals surface area contributed by atoms with Crippen LogP contribution in [-0.4, -0.2) is 23.3 Å². The summed E-state index contributed by atoms with van der Waals surface area (Å²) in [5.41, 5.74) is 4.58. The van der Waals surface area contributed by atoms with Gasteiger partial charge in [0.2, 0.25) is 0 Å². The summed E-state index contributed by atoms with van der Waals surface area (Å²) >= 11 is 0. The number of para-hydroxylation sites is 2. The van der Waals surface area contributed by atoms with Gasteiger partial charge in [0.1, 0.15) is 12.4 Å². The number of rotatable bonds is 6. The van der Waals surface area contributed by atoms with Crippen LogP contribution in [0.5, 0.6) is 5.75 Å². The zero-order valence-corrected chi connectivity index (χ0v) is 14.0. The molecule has 1 amide bonds. The highest BCUT2D eigenvalue weighted by Crippen LogP contribution is 2.16. The molecule has 2 aromatic carbocycles. The molecule has 0 aliphatic heterocycles. The molecular formula is C21H17N3O2. The molecule has 0 atom stereocenters. The minimum absolute atomic E-state index is 0.168. The summed E-state index contributed by atoms with van der Waals surface area (Å²) in [5.74, 6) is 2.73. The lowest BCUT2D eigenvalue weighted by molar-refractivity contribution is 0.0955. The SMILES string of the molecule is C#CCOc1ccccc1/C=N\NC(=O)c1ccccc1-n1cccc1. The first-order chi connectivity index (χ1) is 12.8. The van der Waals surface area contributed by atoms with E-state index < -0.39 is 0 Å². The van der Waals surface area contributed by atoms with Crippen LogP contribution in [0, 0.1) is 12.3 Å². The lowest BCUT2D eigenvalue weighted by Crippen LogP contribution is -2.19. The third-order valence-electron chi connectivity index (χ3n) is 3.63. The minimum atomic E-state index is -0.299. The van der Waals surface area contributed by atoms with Crippen LogP contribution >= 0.6 is 0 Å². The number of nitrogens with zero attached hydrogens (tertiary/aromatic N) is 2. The van der Waals surface area contributed by atoms with E-state index in [1.165, 1.54) is 6.21 Å². The molecule has 5 heteroatoms. The zero-order chi connectivity index (χ0) is 18.2. The Kier molecular flexibility index (Phi) is 5.48. The number of ether oxygens (including phenoxy) is 1. The topological polar surface area (TPSA) is 55.6 Å². The number of aromatic nitrogens is 1. The molecule has 0 unspecified atom stereocenters. The lowest BCUT2D eigenvalue weighted by Gasteiger charge is -2.09. The van der Waals surface area contributed by atoms with Gasteiger partial charge in [0, 0.05) is 18.0 Å². The van der Waals surface area contributed by atoms with Gasteiger partial charge in [-0.05, 0) is 36.4 Å². The van der Waals surface area contributed by atoms with E-state index >= 15 is 0 Å². The fraction of sp³-hybridized carbons (Fsp3) is 0.0476. The number of carbonyl (C=O) groups excluding carboxylic acids is 1. The molecule has 128 valence electrons. The first-order valence-corrected chi connectivity index (χ1v) is 8.00. The summed E-state index contributed by atoms with van der Waals surface area (Å²) in [6.45, 7) is 0.168. The van der Waals surface area contributed by atoms with Crippen molar-refractivity contribution < 1.29 is 9.53 Å². The summed E-state index contributed by atoms with van der Waals surface area (Å²) < 4.78 is 7.33. The first-order valence-electron chi connectivity index (χ1n) is 8.00. The van der Waals surface area contributed by atoms with Crippen molar-refractivity contribution in [3.05, 3.63) is 84.2 Å². The molecular weight excluding hydrogens is 326 g/mol. The van der Waals surface area contributed by atoms with Gasteiger partial charge in [-0.25, -0.2) is 5.43 Å². The summed E-state index contributed by atoms with van der Waals surface area (Å²) in [5, 5.41) is 4.04. The molecule has 0 bridgehead atoms. The summed E-state index contributed by atoms with van der Waals surface area (Å²) in [6.07, 6.45) is 10.5. The fourth-order valence-electron chi connectivity index (χ4n) is 2.44. The van der Waals surface area contributed by atoms with Crippen molar-refractivity contribution in [3.8, 4) is 23.8 Å². The molecule has 0 spiro atoms. The molecule has 0 fully saturated rings. The third kappa shape index (κ3) is 4.00. The number of hydrogen-bond donors (Lipinski definition) is 1. The van der Waals surface area contributed by atoms with Gasteiger partial charge >= 0.3 is 0 Å². The number of benzene rings is 2. The van der Waals surface area contributed by atoms with E-state index in [-0.39, 0.29) is 12.5 Å². The van der Waals surface area contributed by atoms with Gasteiger partial charge in [-0.15, -0.1) is 6.42 Å². The Morgan fingerprint density at radius 3 is 2.65 bits per heavy atom. The van der Waals surface area contributed by atoms with E-state index in [0.29, 0.717) is 11.3 Å². The molecule has 3 aromatic rings. The van der Waals surface area contributed by atoms with Gasteiger partial charge in [-0.3, -0.25) is 4.79 Å². The third-order valence-corrected chi connectivity index (χ3v) is 3.63. The number of terminal acetylenes is 1. The number of nitrogens with one attached hydrogen (secondary N) is 1. The largest absolute Gasteiger partial charge is 0.480 e. The number of hydrazone groups is 1. The molecule has 0 aliphatic rings. The highest BCUT2D eigenvalue weighted by molar-refractivity contribution is 5.98. The van der Waals surface area contributed by atoms with Crippen molar-refractivity contribution in [1.29, 1.82) is 0 Å². The molecule has 1 aromatic heterocycles. The Morgan fingerprint density at radius 2 is 1.85 bits per heavy atom. The molecule has 0 aliphatic carbocycles. The van der Waals surface area contributed by atoms with E-state index in [4.69, 9.17) is 11.2 Å². The van der Waals surface area contributed by atoms with Crippen molar-refractivity contribution in [2.45, 2.75) is 0 Å². The molecule has 5 nitrogen and oxygen atoms in total. The van der Waals surface area contributed by atoms with Crippen molar-refractivity contribution in [2.75, 3.05) is 6.61 Å². The monoisotopic (exact) mass is 343 g/mol. The standard InChI is InChI=1S/C21H17N3O2/c1-2-15-26-20-12-6-3-9-17(20)16-22-23-21(25)18-10-4-5-11-19(18)24-13-7-8-14-24/h1,3-14,16H,15H2,(H,23,25)/b22-16-. The predicted octanol–water partition coefficient (Wildman–Crippen LogP) is 3.25. The summed E-state index contributed by atoms with van der Waals surface area (Å²) in [7, 11) is 0. The molecule has 0 saturated heterocycles. The van der Waals surface area contributed by atoms with Gasteiger partial charge in [-0.2, -0.15) is 5.10 Å². The Bertz CT molecular complexity index is 953. The van der Waals surface area contributed by atoms with Crippen LogP contribution in [0.3, 0.4) is 0 Å². The smallest absolute Gasteiger partial charge is 0.273 e. The first kappa shape index (κ1) is 17.1. The average Bonchev–Trinajstić information content (AvgIpc) is 3.22. The Hall–Kier alpha value is -3.78. The maximum atomic E-state index is 12.5. The highest BCUT2D eigenvalue weighted by atomic mass is 16.5. The van der Waals surface area contributed by atoms with Crippen molar-refractivity contribution in [1.82, 2.24) is 9.99 Å². The van der Waals surface area contributed by atoms with Gasteiger partial charge in [0.05, 0.1) is 17.5 Å². The lowest BCUT2D eigenvalue weighted by atomic mass is 10.1. The Morgan fingerprint density at radius 1 is 1.12 bits per heavy atom. The van der Waals surface area contributed by atoms with Crippen LogP contribution in [0.25, 0.3) is 5.69 Å². The van der Waals surface area contributed by atoms with Gasteiger partial charge in [0.15, 0.2) is 0 Å². The molecule has 3 rings (SSSR count). The molecule has 0 radical (unpaired) electrons. The number of amides is 1. The summed E-state index contributed by atoms with van der Waals surface area (Å²) in [4.78, 5) is 12.5. The maximum absolute atomic E-state index is 12.5. The molecule has 1 heterocycles. The van der Waals surface area contributed by atoms with Crippen LogP contribution in [-0.2, 0) is 0 Å². The van der Waals surface area contributed by atoms with E-state index in [9.17, 15) is 4.79 Å². The molecule has 26 heavy (non-hydrogen) atoms. The van der Waals surface area contributed by atoms with E-state index in [1.54, 1.807) is 12.1 Å². The second-order valence-corrected chi connectivity index (χ2v) is 5.34. The second kappa shape index (κ2) is 8.36. The zero-order valence-electron chi connectivity index (χ0n) is 14.0. The van der Waals surface area contributed by atoms with Crippen LogP contribution < -0.4 is 10.2 Å². The van der Waals surface area contributed by atoms with E-state index in [0.717, 1.165) is 11.3 Å². The molecule has 1 N–H and O–H groups in total. The normalized spacial score (nSPS) is 10.4. The van der Waals surface area contributed by atoms with Crippen LogP contribution in [0.4, 0.5) is 0 Å². The number of hydrogen-bond acceptors (Lipinski definition) is 3. The second-order valence-electron chi connectivity index (χ2n) is 5.34. The maximum Gasteiger partial charge on any atom is 0.273 e.